The second kappa shape index (κ2) is 6.67. The molecule has 0 amide bonds. The molecule has 2 rings (SSSR count). The van der Waals surface area contributed by atoms with Gasteiger partial charge >= 0.3 is 0 Å². The lowest BCUT2D eigenvalue weighted by atomic mass is 10.1. The molecule has 20 heavy (non-hydrogen) atoms. The summed E-state index contributed by atoms with van der Waals surface area (Å²) in [5, 5.41) is 4.21. The Hall–Kier alpha value is -1.67. The molecule has 2 aromatic rings. The zero-order valence-corrected chi connectivity index (χ0v) is 12.9. The van der Waals surface area contributed by atoms with Gasteiger partial charge in [-0.3, -0.25) is 0 Å². The smallest absolute Gasteiger partial charge is 0.122 e. The number of halogens is 1. The van der Waals surface area contributed by atoms with Gasteiger partial charge in [0.05, 0.1) is 17.8 Å². The van der Waals surface area contributed by atoms with E-state index in [9.17, 15) is 0 Å². The van der Waals surface area contributed by atoms with Gasteiger partial charge in [0.15, 0.2) is 0 Å². The molecule has 0 aliphatic heterocycles. The summed E-state index contributed by atoms with van der Waals surface area (Å²) in [5.41, 5.74) is 3.33. The summed E-state index contributed by atoms with van der Waals surface area (Å²) >= 11 is 6.25. The summed E-state index contributed by atoms with van der Waals surface area (Å²) in [6, 6.07) is 14.4. The maximum atomic E-state index is 6.25. The fourth-order valence-corrected chi connectivity index (χ4v) is 2.54. The van der Waals surface area contributed by atoms with Gasteiger partial charge in [0.2, 0.25) is 0 Å². The van der Waals surface area contributed by atoms with E-state index in [4.69, 9.17) is 16.3 Å². The molecule has 0 spiro atoms. The molecule has 0 bridgehead atoms. The van der Waals surface area contributed by atoms with E-state index in [1.54, 1.807) is 7.11 Å². The molecule has 1 unspecified atom stereocenters. The highest BCUT2D eigenvalue weighted by Gasteiger charge is 2.09. The molecule has 2 aromatic carbocycles. The monoisotopic (exact) mass is 289 g/mol. The molecule has 1 atom stereocenters. The molecule has 0 saturated carbocycles. The van der Waals surface area contributed by atoms with Crippen LogP contribution in [-0.2, 0) is 6.42 Å². The van der Waals surface area contributed by atoms with Crippen LogP contribution in [0, 0.1) is 6.92 Å². The summed E-state index contributed by atoms with van der Waals surface area (Å²) in [4.78, 5) is 0. The number of rotatable bonds is 5. The zero-order valence-electron chi connectivity index (χ0n) is 12.1. The Kier molecular flexibility index (Phi) is 4.91. The quantitative estimate of drug-likeness (QED) is 0.861. The van der Waals surface area contributed by atoms with E-state index in [1.807, 2.05) is 37.3 Å². The average Bonchev–Trinajstić information content (AvgIpc) is 2.42. The van der Waals surface area contributed by atoms with E-state index < -0.39 is 0 Å². The fourth-order valence-electron chi connectivity index (χ4n) is 2.26. The van der Waals surface area contributed by atoms with Crippen LogP contribution in [0.1, 0.15) is 18.1 Å². The van der Waals surface area contributed by atoms with Crippen LogP contribution in [-0.4, -0.2) is 13.2 Å². The average molecular weight is 290 g/mol. The summed E-state index contributed by atoms with van der Waals surface area (Å²) in [6.07, 6.45) is 0.883. The van der Waals surface area contributed by atoms with Gasteiger partial charge in [-0.15, -0.1) is 0 Å². The van der Waals surface area contributed by atoms with Crippen molar-refractivity contribution in [3.63, 3.8) is 0 Å². The Morgan fingerprint density at radius 3 is 2.65 bits per heavy atom. The first kappa shape index (κ1) is 14.7. The van der Waals surface area contributed by atoms with E-state index in [2.05, 4.69) is 24.4 Å². The maximum absolute atomic E-state index is 6.25. The van der Waals surface area contributed by atoms with Gasteiger partial charge in [0, 0.05) is 6.04 Å². The Labute approximate surface area is 125 Å². The second-order valence-corrected chi connectivity index (χ2v) is 5.45. The minimum Gasteiger partial charge on any atom is -0.496 e. The first-order valence-corrected chi connectivity index (χ1v) is 7.12. The minimum atomic E-state index is 0.270. The van der Waals surface area contributed by atoms with Gasteiger partial charge in [-0.2, -0.15) is 0 Å². The predicted molar refractivity (Wildman–Crippen MR) is 86.0 cm³/mol. The van der Waals surface area contributed by atoms with Crippen LogP contribution < -0.4 is 10.1 Å². The lowest BCUT2D eigenvalue weighted by molar-refractivity contribution is 0.409. The van der Waals surface area contributed by atoms with Gasteiger partial charge in [0.1, 0.15) is 5.75 Å². The van der Waals surface area contributed by atoms with Crippen LogP contribution >= 0.6 is 11.6 Å². The molecule has 2 nitrogen and oxygen atoms in total. The second-order valence-electron chi connectivity index (χ2n) is 5.04. The van der Waals surface area contributed by atoms with Gasteiger partial charge < -0.3 is 10.1 Å². The van der Waals surface area contributed by atoms with Crippen LogP contribution in [0.5, 0.6) is 5.75 Å². The van der Waals surface area contributed by atoms with Gasteiger partial charge in [-0.05, 0) is 49.6 Å². The Morgan fingerprint density at radius 2 is 1.95 bits per heavy atom. The molecular weight excluding hydrogens is 270 g/mol. The molecule has 0 aliphatic rings. The van der Waals surface area contributed by atoms with Crippen LogP contribution in [0.2, 0.25) is 5.02 Å². The molecule has 0 fully saturated rings. The predicted octanol–water partition coefficient (Wildman–Crippen LogP) is 4.70. The fraction of sp³-hybridized carbons (Fsp3) is 0.294. The largest absolute Gasteiger partial charge is 0.496 e. The first-order valence-electron chi connectivity index (χ1n) is 6.74. The summed E-state index contributed by atoms with van der Waals surface area (Å²) in [7, 11) is 1.70. The third-order valence-corrected chi connectivity index (χ3v) is 3.56. The van der Waals surface area contributed by atoms with Crippen LogP contribution in [0.25, 0.3) is 0 Å². The molecule has 3 heteroatoms. The molecule has 106 valence electrons. The van der Waals surface area contributed by atoms with Crippen LogP contribution in [0.15, 0.2) is 42.5 Å². The lowest BCUT2D eigenvalue weighted by Gasteiger charge is -2.18. The Morgan fingerprint density at radius 1 is 1.20 bits per heavy atom. The number of methoxy groups -OCH3 is 1. The van der Waals surface area contributed by atoms with Crippen molar-refractivity contribution in [1.82, 2.24) is 0 Å². The minimum absolute atomic E-state index is 0.270. The number of ether oxygens (including phenoxy) is 1. The van der Waals surface area contributed by atoms with Crippen molar-refractivity contribution >= 4 is 17.3 Å². The Balaban J connectivity index is 2.07. The number of anilines is 1. The molecule has 0 aliphatic carbocycles. The van der Waals surface area contributed by atoms with E-state index >= 15 is 0 Å². The number of aryl methyl sites for hydroxylation is 1. The highest BCUT2D eigenvalue weighted by Crippen LogP contribution is 2.25. The number of hydrogen-bond donors (Lipinski definition) is 1. The van der Waals surface area contributed by atoms with Crippen LogP contribution in [0.4, 0.5) is 5.69 Å². The summed E-state index contributed by atoms with van der Waals surface area (Å²) < 4.78 is 5.38. The van der Waals surface area contributed by atoms with E-state index in [0.717, 1.165) is 28.4 Å². The number of para-hydroxylation sites is 1. The number of nitrogens with one attached hydrogen (secondary N) is 1. The van der Waals surface area contributed by atoms with Gasteiger partial charge in [-0.1, -0.05) is 35.9 Å². The Bertz CT molecular complexity index is 583. The van der Waals surface area contributed by atoms with Crippen molar-refractivity contribution in [2.45, 2.75) is 26.3 Å². The van der Waals surface area contributed by atoms with Crippen molar-refractivity contribution in [2.75, 3.05) is 12.4 Å². The zero-order chi connectivity index (χ0) is 14.5. The highest BCUT2D eigenvalue weighted by molar-refractivity contribution is 6.33. The summed E-state index contributed by atoms with van der Waals surface area (Å²) in [5.74, 6) is 0.927. The molecular formula is C17H20ClNO. The van der Waals surface area contributed by atoms with E-state index in [0.29, 0.717) is 0 Å². The van der Waals surface area contributed by atoms with Crippen LogP contribution in [0.3, 0.4) is 0 Å². The number of hydrogen-bond acceptors (Lipinski definition) is 2. The normalized spacial score (nSPS) is 12.0. The standard InChI is InChI=1S/C17H20ClNO/c1-12-8-9-16(15(18)10-12)19-13(2)11-14-6-4-5-7-17(14)20-3/h4-10,13,19H,11H2,1-3H3. The van der Waals surface area contributed by atoms with Crippen molar-refractivity contribution in [3.05, 3.63) is 58.6 Å². The van der Waals surface area contributed by atoms with E-state index in [1.165, 1.54) is 5.56 Å². The molecule has 1 N–H and O–H groups in total. The van der Waals surface area contributed by atoms with Crippen molar-refractivity contribution < 1.29 is 4.74 Å². The SMILES string of the molecule is COc1ccccc1CC(C)Nc1ccc(C)cc1Cl. The van der Waals surface area contributed by atoms with Crippen molar-refractivity contribution in [2.24, 2.45) is 0 Å². The molecule has 0 aromatic heterocycles. The lowest BCUT2D eigenvalue weighted by Crippen LogP contribution is -2.18. The third-order valence-electron chi connectivity index (χ3n) is 3.25. The van der Waals surface area contributed by atoms with E-state index in [-0.39, 0.29) is 6.04 Å². The number of benzene rings is 2. The first-order chi connectivity index (χ1) is 9.60. The van der Waals surface area contributed by atoms with Gasteiger partial charge in [-0.25, -0.2) is 0 Å². The molecule has 0 saturated heterocycles. The highest BCUT2D eigenvalue weighted by atomic mass is 35.5. The molecule has 0 heterocycles. The van der Waals surface area contributed by atoms with Crippen molar-refractivity contribution in [3.8, 4) is 5.75 Å². The maximum Gasteiger partial charge on any atom is 0.122 e. The third kappa shape index (κ3) is 3.67. The summed E-state index contributed by atoms with van der Waals surface area (Å²) in [6.45, 7) is 4.18. The van der Waals surface area contributed by atoms with Gasteiger partial charge in [0.25, 0.3) is 0 Å². The molecule has 0 radical (unpaired) electrons. The topological polar surface area (TPSA) is 21.3 Å². The van der Waals surface area contributed by atoms with Crippen molar-refractivity contribution in [1.29, 1.82) is 0 Å².